The first-order valence-corrected chi connectivity index (χ1v) is 13.7. The summed E-state index contributed by atoms with van der Waals surface area (Å²) in [6, 6.07) is 27.7. The van der Waals surface area contributed by atoms with Gasteiger partial charge in [-0.3, -0.25) is 14.4 Å². The molecule has 0 saturated carbocycles. The molecule has 40 heavy (non-hydrogen) atoms. The van der Waals surface area contributed by atoms with Crippen LogP contribution in [0, 0.1) is 12.8 Å². The third-order valence-corrected chi connectivity index (χ3v) is 8.78. The van der Waals surface area contributed by atoms with Crippen molar-refractivity contribution < 1.29 is 14.4 Å². The standard InChI is InChI=1S/C34H25ClN2O3/c1-20-11-17-27-23(19-20)14-18-28-34(25-9-5-6-10-26(25)36-33(34)40)29(31(38)21-7-3-2-4-8-21)30(37(27)28)32(39)22-12-15-24(35)16-13-22/h2-19,28-30H,1H3,(H,36,40). The van der Waals surface area contributed by atoms with Gasteiger partial charge in [0.1, 0.15) is 11.5 Å². The lowest BCUT2D eigenvalue weighted by Gasteiger charge is -2.37. The molecule has 0 bridgehead atoms. The highest BCUT2D eigenvalue weighted by Gasteiger charge is 2.70. The Morgan fingerprint density at radius 2 is 1.55 bits per heavy atom. The summed E-state index contributed by atoms with van der Waals surface area (Å²) < 4.78 is 0. The Morgan fingerprint density at radius 3 is 2.33 bits per heavy atom. The fourth-order valence-electron chi connectivity index (χ4n) is 6.87. The van der Waals surface area contributed by atoms with E-state index in [9.17, 15) is 14.4 Å². The van der Waals surface area contributed by atoms with Crippen molar-refractivity contribution in [3.8, 4) is 0 Å². The van der Waals surface area contributed by atoms with E-state index in [1.165, 1.54) is 0 Å². The van der Waals surface area contributed by atoms with Crippen LogP contribution in [0.5, 0.6) is 0 Å². The molecule has 5 nitrogen and oxygen atoms in total. The SMILES string of the molecule is Cc1ccc2c(c1)C=CC1N2C(C(=O)c2ccc(Cl)cc2)C(C(=O)c2ccccc2)C12C(=O)Nc1ccccc12. The van der Waals surface area contributed by atoms with E-state index in [1.54, 1.807) is 48.5 Å². The second kappa shape index (κ2) is 9.04. The lowest BCUT2D eigenvalue weighted by Crippen LogP contribution is -2.51. The normalized spacial score (nSPS) is 23.9. The summed E-state index contributed by atoms with van der Waals surface area (Å²) in [7, 11) is 0. The van der Waals surface area contributed by atoms with Gasteiger partial charge in [-0.05, 0) is 60.5 Å². The lowest BCUT2D eigenvalue weighted by atomic mass is 9.64. The fourth-order valence-corrected chi connectivity index (χ4v) is 6.99. The number of fused-ring (bicyclic) bond motifs is 6. The Balaban J connectivity index is 1.54. The first-order chi connectivity index (χ1) is 19.4. The maximum Gasteiger partial charge on any atom is 0.238 e. The third kappa shape index (κ3) is 3.37. The Kier molecular flexibility index (Phi) is 5.55. The van der Waals surface area contributed by atoms with Crippen LogP contribution in [0.3, 0.4) is 0 Å². The first kappa shape index (κ1) is 24.6. The van der Waals surface area contributed by atoms with E-state index in [1.807, 2.05) is 66.4 Å². The highest BCUT2D eigenvalue weighted by Crippen LogP contribution is 2.58. The van der Waals surface area contributed by atoms with Crippen LogP contribution in [0.4, 0.5) is 11.4 Å². The molecule has 1 N–H and O–H groups in total. The minimum Gasteiger partial charge on any atom is -0.352 e. The van der Waals surface area contributed by atoms with E-state index in [2.05, 4.69) is 11.4 Å². The van der Waals surface area contributed by atoms with Crippen molar-refractivity contribution in [2.24, 2.45) is 5.92 Å². The zero-order valence-corrected chi connectivity index (χ0v) is 22.4. The van der Waals surface area contributed by atoms with Crippen LogP contribution in [0.15, 0.2) is 103 Å². The molecule has 4 aromatic rings. The van der Waals surface area contributed by atoms with Crippen molar-refractivity contribution in [2.45, 2.75) is 24.4 Å². The Labute approximate surface area is 237 Å². The number of Topliss-reactive ketones (excluding diaryl/α,β-unsaturated/α-hetero) is 2. The average Bonchev–Trinajstić information content (AvgIpc) is 3.45. The molecule has 4 unspecified atom stereocenters. The van der Waals surface area contributed by atoms with Crippen molar-refractivity contribution in [3.63, 3.8) is 0 Å². The summed E-state index contributed by atoms with van der Waals surface area (Å²) in [5, 5.41) is 3.57. The summed E-state index contributed by atoms with van der Waals surface area (Å²) in [4.78, 5) is 45.6. The van der Waals surface area contributed by atoms with Gasteiger partial charge < -0.3 is 10.2 Å². The van der Waals surface area contributed by atoms with E-state index in [4.69, 9.17) is 11.6 Å². The molecular formula is C34H25ClN2O3. The van der Waals surface area contributed by atoms with Gasteiger partial charge in [-0.15, -0.1) is 0 Å². The van der Waals surface area contributed by atoms with Gasteiger partial charge >= 0.3 is 0 Å². The molecule has 0 radical (unpaired) electrons. The number of carbonyl (C=O) groups excluding carboxylic acids is 3. The molecule has 1 saturated heterocycles. The highest BCUT2D eigenvalue weighted by atomic mass is 35.5. The molecule has 3 aliphatic heterocycles. The van der Waals surface area contributed by atoms with E-state index in [0.29, 0.717) is 21.8 Å². The summed E-state index contributed by atoms with van der Waals surface area (Å²) in [5.41, 5.74) is 3.83. The van der Waals surface area contributed by atoms with Crippen LogP contribution >= 0.6 is 11.6 Å². The number of aryl methyl sites for hydroxylation is 1. The maximum absolute atomic E-state index is 14.7. The molecule has 0 aromatic heterocycles. The number of para-hydroxylation sites is 1. The molecule has 1 amide bonds. The average molecular weight is 545 g/mol. The van der Waals surface area contributed by atoms with Gasteiger partial charge in [0.25, 0.3) is 0 Å². The smallest absolute Gasteiger partial charge is 0.238 e. The van der Waals surface area contributed by atoms with Crippen molar-refractivity contribution in [3.05, 3.63) is 136 Å². The Bertz CT molecular complexity index is 1730. The molecule has 4 aromatic carbocycles. The lowest BCUT2D eigenvalue weighted by molar-refractivity contribution is -0.121. The minimum absolute atomic E-state index is 0.230. The molecule has 0 aliphatic carbocycles. The largest absolute Gasteiger partial charge is 0.352 e. The van der Waals surface area contributed by atoms with Crippen LogP contribution < -0.4 is 10.2 Å². The van der Waals surface area contributed by atoms with E-state index in [-0.39, 0.29) is 17.5 Å². The predicted molar refractivity (Wildman–Crippen MR) is 157 cm³/mol. The van der Waals surface area contributed by atoms with Gasteiger partial charge in [0.15, 0.2) is 11.6 Å². The number of ketones is 2. The summed E-state index contributed by atoms with van der Waals surface area (Å²) >= 11 is 6.16. The van der Waals surface area contributed by atoms with Crippen LogP contribution in [0.1, 0.15) is 37.4 Å². The number of anilines is 2. The van der Waals surface area contributed by atoms with Crippen molar-refractivity contribution >= 4 is 46.5 Å². The van der Waals surface area contributed by atoms with E-state index in [0.717, 1.165) is 22.4 Å². The number of hydrogen-bond acceptors (Lipinski definition) is 4. The van der Waals surface area contributed by atoms with Crippen molar-refractivity contribution in [2.75, 3.05) is 10.2 Å². The van der Waals surface area contributed by atoms with Crippen molar-refractivity contribution in [1.82, 2.24) is 0 Å². The van der Waals surface area contributed by atoms with E-state index < -0.39 is 23.4 Å². The van der Waals surface area contributed by atoms with Crippen molar-refractivity contribution in [1.29, 1.82) is 0 Å². The van der Waals surface area contributed by atoms with Gasteiger partial charge in [0, 0.05) is 27.5 Å². The molecule has 196 valence electrons. The number of nitrogens with zero attached hydrogens (tertiary/aromatic N) is 1. The molecule has 1 fully saturated rings. The van der Waals surface area contributed by atoms with Gasteiger partial charge in [0.05, 0.1) is 12.0 Å². The highest BCUT2D eigenvalue weighted by molar-refractivity contribution is 6.30. The quantitative estimate of drug-likeness (QED) is 0.298. The zero-order chi connectivity index (χ0) is 27.6. The topological polar surface area (TPSA) is 66.5 Å². The number of amides is 1. The van der Waals surface area contributed by atoms with Gasteiger partial charge in [-0.25, -0.2) is 0 Å². The van der Waals surface area contributed by atoms with Gasteiger partial charge in [-0.2, -0.15) is 0 Å². The van der Waals surface area contributed by atoms with Crippen LogP contribution in [0.25, 0.3) is 6.08 Å². The van der Waals surface area contributed by atoms with Crippen LogP contribution in [-0.4, -0.2) is 29.6 Å². The Morgan fingerprint density at radius 1 is 0.850 bits per heavy atom. The van der Waals surface area contributed by atoms with Crippen LogP contribution in [-0.2, 0) is 10.2 Å². The van der Waals surface area contributed by atoms with E-state index >= 15 is 0 Å². The summed E-state index contributed by atoms with van der Waals surface area (Å²) in [5.74, 6) is -1.74. The number of carbonyl (C=O) groups is 3. The fraction of sp³-hybridized carbons (Fsp3) is 0.147. The Hall–Kier alpha value is -4.48. The molecule has 6 heteroatoms. The van der Waals surface area contributed by atoms with Crippen LogP contribution in [0.2, 0.25) is 5.02 Å². The number of benzene rings is 4. The zero-order valence-electron chi connectivity index (χ0n) is 21.7. The molecule has 3 heterocycles. The predicted octanol–water partition coefficient (Wildman–Crippen LogP) is 6.50. The number of hydrogen-bond donors (Lipinski definition) is 1. The maximum atomic E-state index is 14.7. The number of nitrogens with one attached hydrogen (secondary N) is 1. The number of halogens is 1. The molecular weight excluding hydrogens is 520 g/mol. The molecule has 4 atom stereocenters. The minimum atomic E-state index is -1.32. The third-order valence-electron chi connectivity index (χ3n) is 8.53. The second-order valence-corrected chi connectivity index (χ2v) is 11.1. The van der Waals surface area contributed by atoms with Gasteiger partial charge in [-0.1, -0.05) is 83.9 Å². The molecule has 3 aliphatic rings. The summed E-state index contributed by atoms with van der Waals surface area (Å²) in [6.45, 7) is 2.02. The monoisotopic (exact) mass is 544 g/mol. The summed E-state index contributed by atoms with van der Waals surface area (Å²) in [6.07, 6.45) is 4.00. The van der Waals surface area contributed by atoms with Gasteiger partial charge in [0.2, 0.25) is 5.91 Å². The molecule has 7 rings (SSSR count). The molecule has 1 spiro atoms. The number of rotatable bonds is 4. The second-order valence-electron chi connectivity index (χ2n) is 10.7. The first-order valence-electron chi connectivity index (χ1n) is 13.3.